The third-order valence-corrected chi connectivity index (χ3v) is 3.98. The molecule has 1 N–H and O–H groups in total. The molecule has 0 aromatic heterocycles. The second kappa shape index (κ2) is 3.39. The smallest absolute Gasteiger partial charge is 0.00120 e. The monoisotopic (exact) mass is 187 g/mol. The maximum atomic E-state index is 3.52. The van der Waals surface area contributed by atoms with Crippen LogP contribution in [0.1, 0.15) is 24.3 Å². The summed E-state index contributed by atoms with van der Waals surface area (Å²) in [6, 6.07) is 11.0. The van der Waals surface area contributed by atoms with Crippen LogP contribution in [0.3, 0.4) is 0 Å². The van der Waals surface area contributed by atoms with Crippen molar-refractivity contribution in [3.05, 3.63) is 35.9 Å². The Morgan fingerprint density at radius 3 is 2.79 bits per heavy atom. The van der Waals surface area contributed by atoms with E-state index in [1.165, 1.54) is 25.9 Å². The summed E-state index contributed by atoms with van der Waals surface area (Å²) >= 11 is 0. The first kappa shape index (κ1) is 8.49. The van der Waals surface area contributed by atoms with Crippen LogP contribution in [0.5, 0.6) is 0 Å². The van der Waals surface area contributed by atoms with E-state index in [2.05, 4.69) is 35.6 Å². The number of fused-ring (bicyclic) bond motifs is 1. The summed E-state index contributed by atoms with van der Waals surface area (Å²) in [5, 5.41) is 3.52. The molecule has 74 valence electrons. The Bertz CT molecular complexity index is 306. The predicted molar refractivity (Wildman–Crippen MR) is 58.3 cm³/mol. The average Bonchev–Trinajstić information content (AvgIpc) is 2.22. The van der Waals surface area contributed by atoms with Crippen molar-refractivity contribution in [2.24, 2.45) is 11.8 Å². The quantitative estimate of drug-likeness (QED) is 0.712. The molecule has 0 amide bonds. The minimum absolute atomic E-state index is 0.842. The second-order valence-electron chi connectivity index (χ2n) is 4.67. The molecule has 1 aliphatic carbocycles. The van der Waals surface area contributed by atoms with Crippen molar-refractivity contribution < 1.29 is 0 Å². The van der Waals surface area contributed by atoms with Crippen molar-refractivity contribution in [3.8, 4) is 0 Å². The fourth-order valence-corrected chi connectivity index (χ4v) is 3.09. The Balaban J connectivity index is 1.76. The topological polar surface area (TPSA) is 12.0 Å². The molecule has 1 heteroatoms. The fourth-order valence-electron chi connectivity index (χ4n) is 3.09. The molecule has 1 heterocycles. The van der Waals surface area contributed by atoms with Gasteiger partial charge >= 0.3 is 0 Å². The van der Waals surface area contributed by atoms with Crippen LogP contribution in [-0.2, 0) is 0 Å². The van der Waals surface area contributed by atoms with Crippen LogP contribution in [0, 0.1) is 11.8 Å². The summed E-state index contributed by atoms with van der Waals surface area (Å²) in [5.41, 5.74) is 1.55. The molecule has 3 atom stereocenters. The number of benzene rings is 1. The first-order chi connectivity index (χ1) is 6.95. The van der Waals surface area contributed by atoms with Crippen LogP contribution < -0.4 is 5.32 Å². The zero-order valence-corrected chi connectivity index (χ0v) is 8.45. The van der Waals surface area contributed by atoms with Crippen LogP contribution in [0.2, 0.25) is 0 Å². The molecule has 0 spiro atoms. The molecule has 1 nitrogen and oxygen atoms in total. The van der Waals surface area contributed by atoms with Gasteiger partial charge in [0.2, 0.25) is 0 Å². The normalized spacial score (nSPS) is 35.9. The van der Waals surface area contributed by atoms with Crippen molar-refractivity contribution in [2.45, 2.75) is 18.8 Å². The van der Waals surface area contributed by atoms with Crippen LogP contribution in [-0.4, -0.2) is 13.1 Å². The second-order valence-corrected chi connectivity index (χ2v) is 4.67. The zero-order chi connectivity index (χ0) is 9.38. The van der Waals surface area contributed by atoms with Crippen LogP contribution in [0.4, 0.5) is 0 Å². The Kier molecular flexibility index (Phi) is 2.06. The lowest BCUT2D eigenvalue weighted by Crippen LogP contribution is -2.47. The van der Waals surface area contributed by atoms with Gasteiger partial charge < -0.3 is 5.32 Å². The van der Waals surface area contributed by atoms with Gasteiger partial charge in [-0.2, -0.15) is 0 Å². The number of rotatable bonds is 1. The van der Waals surface area contributed by atoms with E-state index in [4.69, 9.17) is 0 Å². The van der Waals surface area contributed by atoms with Crippen LogP contribution in [0.15, 0.2) is 30.3 Å². The lowest BCUT2D eigenvalue weighted by atomic mass is 9.60. The highest BCUT2D eigenvalue weighted by Gasteiger charge is 2.42. The van der Waals surface area contributed by atoms with E-state index in [1.54, 1.807) is 5.56 Å². The van der Waals surface area contributed by atoms with Gasteiger partial charge in [-0.25, -0.2) is 0 Å². The van der Waals surface area contributed by atoms with Crippen molar-refractivity contribution in [3.63, 3.8) is 0 Å². The van der Waals surface area contributed by atoms with Gasteiger partial charge in [0, 0.05) is 0 Å². The van der Waals surface area contributed by atoms with E-state index in [1.807, 2.05) is 0 Å². The van der Waals surface area contributed by atoms with E-state index in [0.717, 1.165) is 17.8 Å². The molecule has 0 bridgehead atoms. The maximum Gasteiger partial charge on any atom is -0.00120 e. The summed E-state index contributed by atoms with van der Waals surface area (Å²) in [4.78, 5) is 0. The van der Waals surface area contributed by atoms with Gasteiger partial charge in [-0.15, -0.1) is 0 Å². The number of nitrogens with one attached hydrogen (secondary N) is 1. The largest absolute Gasteiger partial charge is 0.316 e. The number of piperidine rings is 1. The minimum atomic E-state index is 0.842. The van der Waals surface area contributed by atoms with E-state index < -0.39 is 0 Å². The van der Waals surface area contributed by atoms with E-state index in [0.29, 0.717) is 0 Å². The molecule has 1 aromatic carbocycles. The van der Waals surface area contributed by atoms with Gasteiger partial charge in [0.25, 0.3) is 0 Å². The first-order valence-electron chi connectivity index (χ1n) is 5.71. The van der Waals surface area contributed by atoms with Gasteiger partial charge in [0.1, 0.15) is 0 Å². The number of hydrogen-bond donors (Lipinski definition) is 1. The molecule has 0 unspecified atom stereocenters. The van der Waals surface area contributed by atoms with Gasteiger partial charge in [-0.05, 0) is 49.2 Å². The maximum absolute atomic E-state index is 3.52. The molecular weight excluding hydrogens is 170 g/mol. The Hall–Kier alpha value is -0.820. The summed E-state index contributed by atoms with van der Waals surface area (Å²) in [6.45, 7) is 2.48. The third kappa shape index (κ3) is 1.27. The molecule has 1 saturated carbocycles. The SMILES string of the molecule is c1ccc([C@H]2C[C@H]3CCNC[C@@H]32)cc1. The third-order valence-electron chi connectivity index (χ3n) is 3.98. The van der Waals surface area contributed by atoms with Crippen LogP contribution in [0.25, 0.3) is 0 Å². The highest BCUT2D eigenvalue weighted by Crippen LogP contribution is 2.49. The molecule has 1 saturated heterocycles. The molecule has 1 aromatic rings. The Labute approximate surface area is 85.5 Å². The van der Waals surface area contributed by atoms with E-state index in [9.17, 15) is 0 Å². The van der Waals surface area contributed by atoms with Crippen molar-refractivity contribution in [1.82, 2.24) is 5.32 Å². The zero-order valence-electron chi connectivity index (χ0n) is 8.45. The summed E-state index contributed by atoms with van der Waals surface area (Å²) < 4.78 is 0. The summed E-state index contributed by atoms with van der Waals surface area (Å²) in [6.07, 6.45) is 2.82. The Morgan fingerprint density at radius 2 is 2.00 bits per heavy atom. The van der Waals surface area contributed by atoms with E-state index in [-0.39, 0.29) is 0 Å². The van der Waals surface area contributed by atoms with Gasteiger partial charge in [-0.3, -0.25) is 0 Å². The fraction of sp³-hybridized carbons (Fsp3) is 0.538. The summed E-state index contributed by atoms with van der Waals surface area (Å²) in [7, 11) is 0. The molecule has 3 rings (SSSR count). The standard InChI is InChI=1S/C13H17N/c1-2-4-10(5-3-1)12-8-11-6-7-14-9-13(11)12/h1-5,11-14H,6-9H2/t11-,12-,13+/m1/s1. The molecule has 1 aliphatic heterocycles. The van der Waals surface area contributed by atoms with E-state index >= 15 is 0 Å². The molecular formula is C13H17N. The highest BCUT2D eigenvalue weighted by molar-refractivity contribution is 5.24. The highest BCUT2D eigenvalue weighted by atomic mass is 14.9. The van der Waals surface area contributed by atoms with Crippen molar-refractivity contribution in [2.75, 3.05) is 13.1 Å². The lowest BCUT2D eigenvalue weighted by Gasteiger charge is -2.48. The lowest BCUT2D eigenvalue weighted by molar-refractivity contribution is 0.0934. The molecule has 2 fully saturated rings. The van der Waals surface area contributed by atoms with Gasteiger partial charge in [-0.1, -0.05) is 30.3 Å². The van der Waals surface area contributed by atoms with Crippen LogP contribution >= 0.6 is 0 Å². The summed E-state index contributed by atoms with van der Waals surface area (Å²) in [5.74, 6) is 2.78. The first-order valence-corrected chi connectivity index (χ1v) is 5.71. The Morgan fingerprint density at radius 1 is 1.14 bits per heavy atom. The minimum Gasteiger partial charge on any atom is -0.316 e. The molecule has 14 heavy (non-hydrogen) atoms. The van der Waals surface area contributed by atoms with Gasteiger partial charge in [0.15, 0.2) is 0 Å². The van der Waals surface area contributed by atoms with Gasteiger partial charge in [0.05, 0.1) is 0 Å². The predicted octanol–water partition coefficient (Wildman–Crippen LogP) is 2.40. The number of hydrogen-bond acceptors (Lipinski definition) is 1. The average molecular weight is 187 g/mol. The molecule has 2 aliphatic rings. The van der Waals surface area contributed by atoms with Crippen molar-refractivity contribution in [1.29, 1.82) is 0 Å². The molecule has 0 radical (unpaired) electrons. The van der Waals surface area contributed by atoms with Crippen molar-refractivity contribution >= 4 is 0 Å².